The number of hydrogen-bond acceptors (Lipinski definition) is 2. The number of aromatic amines is 2. The Balaban J connectivity index is 1.76. The summed E-state index contributed by atoms with van der Waals surface area (Å²) in [5.74, 6) is 0. The van der Waals surface area contributed by atoms with Crippen molar-refractivity contribution in [3.05, 3.63) is 75.6 Å². The molecule has 0 atom stereocenters. The molecule has 23 heavy (non-hydrogen) atoms. The number of fused-ring (bicyclic) bond motifs is 2. The number of hydrogen-bond donors (Lipinski definition) is 2. The van der Waals surface area contributed by atoms with Crippen molar-refractivity contribution in [1.29, 1.82) is 0 Å². The van der Waals surface area contributed by atoms with Gasteiger partial charge in [0.2, 0.25) is 0 Å². The van der Waals surface area contributed by atoms with Gasteiger partial charge in [0.15, 0.2) is 0 Å². The number of aryl methyl sites for hydroxylation is 1. The van der Waals surface area contributed by atoms with Crippen LogP contribution < -0.4 is 0 Å². The Labute approximate surface area is 132 Å². The summed E-state index contributed by atoms with van der Waals surface area (Å²) in [5, 5.41) is 13.1. The van der Waals surface area contributed by atoms with Crippen LogP contribution in [0.4, 0.5) is 5.69 Å². The van der Waals surface area contributed by atoms with Crippen molar-refractivity contribution in [3.8, 4) is 0 Å². The van der Waals surface area contributed by atoms with E-state index in [9.17, 15) is 10.1 Å². The van der Waals surface area contributed by atoms with Crippen LogP contribution in [0.1, 0.15) is 16.7 Å². The van der Waals surface area contributed by atoms with Crippen LogP contribution in [0.25, 0.3) is 21.8 Å². The average molecular weight is 305 g/mol. The lowest BCUT2D eigenvalue weighted by atomic mass is 10.0. The number of nitrogens with one attached hydrogen (secondary N) is 2. The fourth-order valence-corrected chi connectivity index (χ4v) is 3.09. The molecule has 5 nitrogen and oxygen atoms in total. The highest BCUT2D eigenvalue weighted by atomic mass is 16.6. The van der Waals surface area contributed by atoms with Crippen LogP contribution >= 0.6 is 0 Å². The summed E-state index contributed by atoms with van der Waals surface area (Å²) in [6.45, 7) is 2.08. The molecule has 0 bridgehead atoms. The van der Waals surface area contributed by atoms with E-state index in [1.165, 1.54) is 16.5 Å². The second-order valence-corrected chi connectivity index (χ2v) is 5.84. The van der Waals surface area contributed by atoms with Crippen LogP contribution in [0.3, 0.4) is 0 Å². The van der Waals surface area contributed by atoms with E-state index in [1.807, 2.05) is 18.5 Å². The van der Waals surface area contributed by atoms with E-state index in [0.29, 0.717) is 0 Å². The van der Waals surface area contributed by atoms with E-state index >= 15 is 0 Å². The van der Waals surface area contributed by atoms with Gasteiger partial charge >= 0.3 is 0 Å². The molecule has 0 radical (unpaired) electrons. The fraction of sp³-hybridized carbons (Fsp3) is 0.111. The molecule has 114 valence electrons. The second kappa shape index (κ2) is 4.98. The lowest BCUT2D eigenvalue weighted by molar-refractivity contribution is -0.384. The number of nitrogens with zero attached hydrogens (tertiary/aromatic N) is 1. The molecule has 2 N–H and O–H groups in total. The van der Waals surface area contributed by atoms with Gasteiger partial charge in [-0.05, 0) is 35.7 Å². The third-order valence-corrected chi connectivity index (χ3v) is 4.27. The first-order chi connectivity index (χ1) is 11.1. The van der Waals surface area contributed by atoms with Gasteiger partial charge in [-0.15, -0.1) is 0 Å². The monoisotopic (exact) mass is 305 g/mol. The average Bonchev–Trinajstić information content (AvgIpc) is 3.11. The first-order valence-corrected chi connectivity index (χ1v) is 7.43. The summed E-state index contributed by atoms with van der Waals surface area (Å²) in [4.78, 5) is 16.9. The van der Waals surface area contributed by atoms with Gasteiger partial charge in [0.25, 0.3) is 5.69 Å². The summed E-state index contributed by atoms with van der Waals surface area (Å²) < 4.78 is 0. The SMILES string of the molecule is Cc1ccc2c(Cc3c[nH]c4cc([N+](=O)[O-])ccc34)c[nH]c2c1. The topological polar surface area (TPSA) is 74.7 Å². The van der Waals surface area contributed by atoms with Crippen molar-refractivity contribution in [2.45, 2.75) is 13.3 Å². The Bertz CT molecular complexity index is 1040. The molecule has 0 unspecified atom stereocenters. The minimum absolute atomic E-state index is 0.105. The molecule has 0 saturated heterocycles. The molecule has 0 aliphatic rings. The molecule has 0 amide bonds. The Morgan fingerprint density at radius 3 is 2.22 bits per heavy atom. The number of rotatable bonds is 3. The van der Waals surface area contributed by atoms with Gasteiger partial charge in [0.05, 0.1) is 10.4 Å². The molecule has 0 spiro atoms. The number of nitro groups is 1. The van der Waals surface area contributed by atoms with Crippen molar-refractivity contribution in [1.82, 2.24) is 9.97 Å². The smallest absolute Gasteiger partial charge is 0.271 e. The third-order valence-electron chi connectivity index (χ3n) is 4.27. The van der Waals surface area contributed by atoms with Crippen LogP contribution in [0.5, 0.6) is 0 Å². The van der Waals surface area contributed by atoms with Crippen molar-refractivity contribution >= 4 is 27.5 Å². The molecule has 2 heterocycles. The predicted molar refractivity (Wildman–Crippen MR) is 90.8 cm³/mol. The standard InChI is InChI=1S/C18H15N3O2/c1-11-2-4-15-12(9-19-17(15)6-11)7-13-10-20-18-8-14(21(22)23)3-5-16(13)18/h2-6,8-10,19-20H,7H2,1H3. The first kappa shape index (κ1) is 13.6. The minimum atomic E-state index is -0.373. The van der Waals surface area contributed by atoms with Crippen LogP contribution in [-0.2, 0) is 6.42 Å². The van der Waals surface area contributed by atoms with Gasteiger partial charge in [-0.25, -0.2) is 0 Å². The first-order valence-electron chi connectivity index (χ1n) is 7.43. The van der Waals surface area contributed by atoms with Crippen molar-refractivity contribution in [2.75, 3.05) is 0 Å². The number of non-ortho nitro benzene ring substituents is 1. The van der Waals surface area contributed by atoms with E-state index < -0.39 is 0 Å². The Morgan fingerprint density at radius 1 is 0.957 bits per heavy atom. The predicted octanol–water partition coefficient (Wildman–Crippen LogP) is 4.46. The van der Waals surface area contributed by atoms with E-state index in [0.717, 1.165) is 28.4 Å². The fourth-order valence-electron chi connectivity index (χ4n) is 3.09. The molecular formula is C18H15N3O2. The molecule has 2 aromatic carbocycles. The highest BCUT2D eigenvalue weighted by Gasteiger charge is 2.12. The molecule has 0 aliphatic heterocycles. The van der Waals surface area contributed by atoms with Gasteiger partial charge in [0, 0.05) is 47.2 Å². The van der Waals surface area contributed by atoms with Gasteiger partial charge in [-0.1, -0.05) is 12.1 Å². The summed E-state index contributed by atoms with van der Waals surface area (Å²) >= 11 is 0. The maximum atomic E-state index is 10.9. The Kier molecular flexibility index (Phi) is 2.94. The highest BCUT2D eigenvalue weighted by Crippen LogP contribution is 2.27. The molecule has 0 aliphatic carbocycles. The summed E-state index contributed by atoms with van der Waals surface area (Å²) in [6, 6.07) is 11.3. The molecule has 4 rings (SSSR count). The van der Waals surface area contributed by atoms with Crippen LogP contribution in [0, 0.1) is 17.0 Å². The van der Waals surface area contributed by atoms with E-state index in [-0.39, 0.29) is 10.6 Å². The summed E-state index contributed by atoms with van der Waals surface area (Å²) in [5.41, 5.74) is 5.62. The van der Waals surface area contributed by atoms with E-state index in [2.05, 4.69) is 35.1 Å². The third kappa shape index (κ3) is 2.26. The van der Waals surface area contributed by atoms with Crippen LogP contribution in [0.15, 0.2) is 48.8 Å². The van der Waals surface area contributed by atoms with Crippen LogP contribution in [0.2, 0.25) is 0 Å². The zero-order chi connectivity index (χ0) is 16.0. The number of benzene rings is 2. The maximum Gasteiger partial charge on any atom is 0.271 e. The quantitative estimate of drug-likeness (QED) is 0.433. The van der Waals surface area contributed by atoms with Gasteiger partial charge in [-0.3, -0.25) is 10.1 Å². The molecule has 5 heteroatoms. The highest BCUT2D eigenvalue weighted by molar-refractivity contribution is 5.88. The number of H-pyrrole nitrogens is 2. The molecule has 4 aromatic rings. The van der Waals surface area contributed by atoms with Gasteiger partial charge < -0.3 is 9.97 Å². The van der Waals surface area contributed by atoms with Crippen molar-refractivity contribution < 1.29 is 4.92 Å². The minimum Gasteiger partial charge on any atom is -0.361 e. The van der Waals surface area contributed by atoms with E-state index in [4.69, 9.17) is 0 Å². The normalized spacial score (nSPS) is 11.3. The zero-order valence-electron chi connectivity index (χ0n) is 12.6. The van der Waals surface area contributed by atoms with Crippen molar-refractivity contribution in [2.24, 2.45) is 0 Å². The molecule has 0 saturated carbocycles. The number of nitro benzene ring substituents is 1. The van der Waals surface area contributed by atoms with Crippen LogP contribution in [-0.4, -0.2) is 14.9 Å². The largest absolute Gasteiger partial charge is 0.361 e. The van der Waals surface area contributed by atoms with Gasteiger partial charge in [0.1, 0.15) is 0 Å². The number of aromatic nitrogens is 2. The Morgan fingerprint density at radius 2 is 1.57 bits per heavy atom. The maximum absolute atomic E-state index is 10.9. The lowest BCUT2D eigenvalue weighted by Gasteiger charge is -2.00. The molecule has 2 aromatic heterocycles. The summed E-state index contributed by atoms with van der Waals surface area (Å²) in [7, 11) is 0. The summed E-state index contributed by atoms with van der Waals surface area (Å²) in [6.07, 6.45) is 4.75. The second-order valence-electron chi connectivity index (χ2n) is 5.84. The molecule has 0 fully saturated rings. The van der Waals surface area contributed by atoms with Gasteiger partial charge in [-0.2, -0.15) is 0 Å². The Hall–Kier alpha value is -3.08. The lowest BCUT2D eigenvalue weighted by Crippen LogP contribution is -1.88. The van der Waals surface area contributed by atoms with E-state index in [1.54, 1.807) is 12.1 Å². The van der Waals surface area contributed by atoms with Crippen molar-refractivity contribution in [3.63, 3.8) is 0 Å². The zero-order valence-corrected chi connectivity index (χ0v) is 12.6. The molecular weight excluding hydrogens is 290 g/mol.